The molecule has 1 rings (SSSR count). The van der Waals surface area contributed by atoms with Crippen LogP contribution in [-0.2, 0) is 20.6 Å². The van der Waals surface area contributed by atoms with Crippen molar-refractivity contribution >= 4 is 28.0 Å². The molecule has 0 saturated carbocycles. The molecule has 0 aliphatic rings. The lowest BCUT2D eigenvalue weighted by Gasteiger charge is -2.15. The van der Waals surface area contributed by atoms with Gasteiger partial charge >= 0.3 is 12.1 Å². The molecule has 0 heterocycles. The van der Waals surface area contributed by atoms with E-state index in [4.69, 9.17) is 25.4 Å². The SMILES string of the molecule is [2H]C([2H])(NC(=O)OCOC(=O)[C@@H](N)C(C)C)C([2H])([2H])c1cc(OC)c(Br)cc1OC. The second-order valence-electron chi connectivity index (χ2n) is 5.34. The van der Waals surface area contributed by atoms with E-state index in [1.807, 2.05) is 0 Å². The van der Waals surface area contributed by atoms with Gasteiger partial charge in [0.05, 0.1) is 18.7 Å². The third kappa shape index (κ3) is 6.72. The number of carbonyl (C=O) groups is 2. The van der Waals surface area contributed by atoms with Crippen molar-refractivity contribution in [3.05, 3.63) is 22.2 Å². The Morgan fingerprint density at radius 2 is 1.88 bits per heavy atom. The molecule has 0 unspecified atom stereocenters. The fraction of sp³-hybridized carbons (Fsp3) is 0.529. The number of amides is 1. The number of nitrogens with two attached hydrogens (primary N) is 1. The number of methoxy groups -OCH3 is 2. The van der Waals surface area contributed by atoms with Crippen molar-refractivity contribution in [3.8, 4) is 11.5 Å². The van der Waals surface area contributed by atoms with Crippen LogP contribution in [0.2, 0.25) is 0 Å². The van der Waals surface area contributed by atoms with Gasteiger partial charge < -0.3 is 30.0 Å². The molecule has 0 aliphatic heterocycles. The van der Waals surface area contributed by atoms with Gasteiger partial charge in [-0.15, -0.1) is 0 Å². The summed E-state index contributed by atoms with van der Waals surface area (Å²) in [5.74, 6) is -0.710. The highest BCUT2D eigenvalue weighted by atomic mass is 79.9. The molecule has 0 fully saturated rings. The Morgan fingerprint density at radius 1 is 1.23 bits per heavy atom. The zero-order valence-electron chi connectivity index (χ0n) is 18.9. The summed E-state index contributed by atoms with van der Waals surface area (Å²) in [6.45, 7) is -0.322. The molecule has 8 nitrogen and oxygen atoms in total. The highest BCUT2D eigenvalue weighted by Crippen LogP contribution is 2.32. The summed E-state index contributed by atoms with van der Waals surface area (Å²) in [5, 5.41) is 1.79. The molecule has 3 N–H and O–H groups in total. The molecule has 1 aromatic rings. The van der Waals surface area contributed by atoms with Crippen molar-refractivity contribution in [2.24, 2.45) is 11.7 Å². The molecule has 0 bridgehead atoms. The first-order valence-electron chi connectivity index (χ1n) is 9.57. The molecule has 0 radical (unpaired) electrons. The van der Waals surface area contributed by atoms with Crippen molar-refractivity contribution < 1.29 is 34.0 Å². The largest absolute Gasteiger partial charge is 0.496 e. The zero-order chi connectivity index (χ0) is 23.3. The van der Waals surface area contributed by atoms with E-state index in [1.165, 1.54) is 26.4 Å². The van der Waals surface area contributed by atoms with E-state index in [0.29, 0.717) is 4.47 Å². The topological polar surface area (TPSA) is 109 Å². The number of hydrogen-bond donors (Lipinski definition) is 2. The summed E-state index contributed by atoms with van der Waals surface area (Å²) < 4.78 is 52.6. The van der Waals surface area contributed by atoms with Crippen molar-refractivity contribution in [1.82, 2.24) is 5.32 Å². The normalized spacial score (nSPS) is 15.0. The van der Waals surface area contributed by atoms with Crippen molar-refractivity contribution in [1.29, 1.82) is 0 Å². The number of nitrogens with one attached hydrogen (secondary N) is 1. The quantitative estimate of drug-likeness (QED) is 0.450. The maximum Gasteiger partial charge on any atom is 0.410 e. The van der Waals surface area contributed by atoms with Crippen LogP contribution in [0, 0.1) is 5.92 Å². The van der Waals surface area contributed by atoms with Crippen LogP contribution in [0.1, 0.15) is 24.9 Å². The first-order chi connectivity index (χ1) is 13.8. The van der Waals surface area contributed by atoms with E-state index in [0.717, 1.165) is 0 Å². The van der Waals surface area contributed by atoms with E-state index >= 15 is 0 Å². The molecule has 1 amide bonds. The Morgan fingerprint density at radius 3 is 2.46 bits per heavy atom. The second kappa shape index (κ2) is 10.9. The van der Waals surface area contributed by atoms with Gasteiger partial charge in [-0.25, -0.2) is 4.79 Å². The highest BCUT2D eigenvalue weighted by molar-refractivity contribution is 9.10. The van der Waals surface area contributed by atoms with Crippen LogP contribution in [0.3, 0.4) is 0 Å². The number of hydrogen-bond acceptors (Lipinski definition) is 7. The van der Waals surface area contributed by atoms with Gasteiger partial charge in [-0.1, -0.05) is 13.8 Å². The molecule has 146 valence electrons. The fourth-order valence-electron chi connectivity index (χ4n) is 1.65. The van der Waals surface area contributed by atoms with Gasteiger partial charge in [0.2, 0.25) is 6.79 Å². The Hall–Kier alpha value is -2.00. The summed E-state index contributed by atoms with van der Waals surface area (Å²) in [6, 6.07) is 1.76. The highest BCUT2D eigenvalue weighted by Gasteiger charge is 2.19. The van der Waals surface area contributed by atoms with Gasteiger partial charge in [0.1, 0.15) is 17.5 Å². The van der Waals surface area contributed by atoms with Gasteiger partial charge in [-0.05, 0) is 45.9 Å². The number of rotatable bonds is 9. The van der Waals surface area contributed by atoms with Gasteiger partial charge in [0.15, 0.2) is 0 Å². The third-order valence-corrected chi connectivity index (χ3v) is 3.84. The Labute approximate surface area is 167 Å². The van der Waals surface area contributed by atoms with Crippen LogP contribution in [0.25, 0.3) is 0 Å². The summed E-state index contributed by atoms with van der Waals surface area (Å²) in [4.78, 5) is 23.6. The Balaban J connectivity index is 2.92. The number of esters is 1. The number of benzene rings is 1. The fourth-order valence-corrected chi connectivity index (χ4v) is 2.14. The lowest BCUT2D eigenvalue weighted by molar-refractivity contribution is -0.154. The molecule has 0 aliphatic carbocycles. The minimum Gasteiger partial charge on any atom is -0.496 e. The molecule has 9 heteroatoms. The average molecular weight is 437 g/mol. The average Bonchev–Trinajstić information content (AvgIpc) is 2.65. The molecule has 0 aromatic heterocycles. The first kappa shape index (κ1) is 16.2. The number of ether oxygens (including phenoxy) is 4. The predicted molar refractivity (Wildman–Crippen MR) is 99.2 cm³/mol. The van der Waals surface area contributed by atoms with E-state index < -0.39 is 37.8 Å². The van der Waals surface area contributed by atoms with E-state index in [9.17, 15) is 9.59 Å². The van der Waals surface area contributed by atoms with Gasteiger partial charge in [0, 0.05) is 12.0 Å². The summed E-state index contributed by atoms with van der Waals surface area (Å²) in [7, 11) is 2.66. The monoisotopic (exact) mass is 436 g/mol. The summed E-state index contributed by atoms with van der Waals surface area (Å²) in [6.07, 6.45) is -4.10. The number of carbonyl (C=O) groups excluding carboxylic acids is 2. The van der Waals surface area contributed by atoms with Crippen molar-refractivity contribution in [2.45, 2.75) is 26.3 Å². The number of alkyl carbamates (subject to hydrolysis) is 1. The van der Waals surface area contributed by atoms with Crippen LogP contribution in [0.15, 0.2) is 16.6 Å². The maximum absolute atomic E-state index is 11.9. The Kier molecular flexibility index (Phi) is 6.77. The summed E-state index contributed by atoms with van der Waals surface area (Å²) in [5.41, 5.74) is 5.39. The molecular formula is C17H25BrN2O6. The van der Waals surface area contributed by atoms with Crippen LogP contribution in [0.4, 0.5) is 4.79 Å². The first-order valence-corrected chi connectivity index (χ1v) is 8.37. The van der Waals surface area contributed by atoms with Gasteiger partial charge in [-0.3, -0.25) is 4.79 Å². The minimum atomic E-state index is -2.94. The minimum absolute atomic E-state index is 0.0309. The Bertz CT molecular complexity index is 779. The van der Waals surface area contributed by atoms with E-state index in [2.05, 4.69) is 20.7 Å². The molecule has 1 aromatic carbocycles. The van der Waals surface area contributed by atoms with Crippen LogP contribution < -0.4 is 20.5 Å². The van der Waals surface area contributed by atoms with Gasteiger partial charge in [-0.2, -0.15) is 0 Å². The van der Waals surface area contributed by atoms with Crippen LogP contribution in [0.5, 0.6) is 11.5 Å². The molecule has 26 heavy (non-hydrogen) atoms. The standard InChI is InChI=1S/C17H25BrN2O6/c1-10(2)15(19)16(21)25-9-26-17(22)20-6-5-11-7-14(24-4)12(18)8-13(11)23-3/h7-8,10,15H,5-6,9,19H2,1-4H3,(H,20,22)/t15-/m0/s1/i5D2,6D2. The molecule has 1 atom stereocenters. The van der Waals surface area contributed by atoms with E-state index in [-0.39, 0.29) is 23.0 Å². The molecular weight excluding hydrogens is 408 g/mol. The lowest BCUT2D eigenvalue weighted by atomic mass is 10.1. The second-order valence-corrected chi connectivity index (χ2v) is 6.20. The maximum atomic E-state index is 11.9. The predicted octanol–water partition coefficient (Wildman–Crippen LogP) is 2.22. The third-order valence-electron chi connectivity index (χ3n) is 3.22. The van der Waals surface area contributed by atoms with Crippen molar-refractivity contribution in [3.63, 3.8) is 0 Å². The smallest absolute Gasteiger partial charge is 0.410 e. The molecule has 0 spiro atoms. The van der Waals surface area contributed by atoms with E-state index in [1.54, 1.807) is 19.2 Å². The zero-order valence-corrected chi connectivity index (χ0v) is 16.5. The van der Waals surface area contributed by atoms with Crippen molar-refractivity contribution in [2.75, 3.05) is 27.5 Å². The summed E-state index contributed by atoms with van der Waals surface area (Å²) >= 11 is 3.24. The van der Waals surface area contributed by atoms with Gasteiger partial charge in [0.25, 0.3) is 0 Å². The lowest BCUT2D eigenvalue weighted by Crippen LogP contribution is -2.38. The number of aryl methyl sites for hydroxylation is 1. The molecule has 0 saturated heterocycles. The van der Waals surface area contributed by atoms with Crippen LogP contribution >= 0.6 is 15.9 Å². The van der Waals surface area contributed by atoms with Crippen LogP contribution in [-0.4, -0.2) is 45.6 Å². The number of halogens is 1.